The molecule has 0 atom stereocenters. The van der Waals surface area contributed by atoms with Gasteiger partial charge in [-0.2, -0.15) is 0 Å². The lowest BCUT2D eigenvalue weighted by Gasteiger charge is -2.09. The number of rotatable bonds is 6. The minimum atomic E-state index is -3.65. The number of hydrogen-bond donors (Lipinski definition) is 1. The number of aryl methyl sites for hydroxylation is 1. The summed E-state index contributed by atoms with van der Waals surface area (Å²) in [5.41, 5.74) is 1.75. The number of anilines is 1. The lowest BCUT2D eigenvalue weighted by molar-refractivity contribution is 0.592. The van der Waals surface area contributed by atoms with E-state index in [1.165, 1.54) is 29.2 Å². The Bertz CT molecular complexity index is 1300. The van der Waals surface area contributed by atoms with E-state index in [2.05, 4.69) is 9.71 Å². The maximum absolute atomic E-state index is 13.8. The summed E-state index contributed by atoms with van der Waals surface area (Å²) in [4.78, 5) is 5.38. The van der Waals surface area contributed by atoms with Crippen LogP contribution in [-0.2, 0) is 15.8 Å². The number of fused-ring (bicyclic) bond motifs is 1. The van der Waals surface area contributed by atoms with Crippen molar-refractivity contribution < 1.29 is 17.2 Å². The minimum absolute atomic E-state index is 0.200. The van der Waals surface area contributed by atoms with E-state index in [4.69, 9.17) is 0 Å². The zero-order chi connectivity index (χ0) is 21.3. The molecule has 0 unspecified atom stereocenters. The highest BCUT2D eigenvalue weighted by atomic mass is 32.2. The number of sulfonamides is 1. The van der Waals surface area contributed by atoms with Gasteiger partial charge in [0.1, 0.15) is 16.6 Å². The van der Waals surface area contributed by atoms with E-state index in [1.54, 1.807) is 48.5 Å². The molecule has 0 fully saturated rings. The lowest BCUT2D eigenvalue weighted by Crippen LogP contribution is -2.12. The maximum Gasteiger partial charge on any atom is 0.261 e. The molecule has 1 N–H and O–H groups in total. The molecule has 0 saturated heterocycles. The van der Waals surface area contributed by atoms with Gasteiger partial charge in [-0.25, -0.2) is 22.2 Å². The second kappa shape index (κ2) is 8.33. The fourth-order valence-corrected chi connectivity index (χ4v) is 5.66. The first kappa shape index (κ1) is 20.8. The summed E-state index contributed by atoms with van der Waals surface area (Å²) in [5, 5.41) is 0.684. The Balaban J connectivity index is 1.42. The molecule has 0 amide bonds. The van der Waals surface area contributed by atoms with E-state index in [1.807, 2.05) is 6.92 Å². The number of halogens is 2. The molecule has 0 radical (unpaired) electrons. The summed E-state index contributed by atoms with van der Waals surface area (Å²) in [7, 11) is -3.65. The number of nitrogens with one attached hydrogen (secondary N) is 1. The van der Waals surface area contributed by atoms with Crippen LogP contribution in [0.15, 0.2) is 70.5 Å². The Hall–Kier alpha value is -2.49. The number of benzene rings is 3. The topological polar surface area (TPSA) is 59.1 Å². The zero-order valence-electron chi connectivity index (χ0n) is 15.7. The smallest absolute Gasteiger partial charge is 0.261 e. The standard InChI is InChI=1S/C21H16F2N2O2S3/c1-13-2-8-17(9-3-13)30(26,27)25-15-4-6-16(7-5-15)28-12-20-24-19-11-14(22)10-18(23)21(19)29-20/h2-11,25H,12H2,1H3. The van der Waals surface area contributed by atoms with Crippen LogP contribution in [0.4, 0.5) is 14.5 Å². The van der Waals surface area contributed by atoms with Crippen LogP contribution in [0.5, 0.6) is 0 Å². The molecule has 0 saturated carbocycles. The molecule has 0 aliphatic heterocycles. The SMILES string of the molecule is Cc1ccc(S(=O)(=O)Nc2ccc(SCc3nc4cc(F)cc(F)c4s3)cc2)cc1. The first-order valence-electron chi connectivity index (χ1n) is 8.87. The Morgan fingerprint density at radius 2 is 1.73 bits per heavy atom. The molecule has 1 heterocycles. The van der Waals surface area contributed by atoms with Gasteiger partial charge in [0.05, 0.1) is 20.9 Å². The Morgan fingerprint density at radius 3 is 2.43 bits per heavy atom. The van der Waals surface area contributed by atoms with Crippen molar-refractivity contribution in [2.45, 2.75) is 22.5 Å². The van der Waals surface area contributed by atoms with Gasteiger partial charge in [-0.3, -0.25) is 4.72 Å². The first-order chi connectivity index (χ1) is 14.3. The van der Waals surface area contributed by atoms with Gasteiger partial charge in [0.15, 0.2) is 0 Å². The zero-order valence-corrected chi connectivity index (χ0v) is 18.2. The highest BCUT2D eigenvalue weighted by Gasteiger charge is 2.14. The molecule has 4 nitrogen and oxygen atoms in total. The molecular weight excluding hydrogens is 446 g/mol. The van der Waals surface area contributed by atoms with Crippen LogP contribution in [0.3, 0.4) is 0 Å². The van der Waals surface area contributed by atoms with Gasteiger partial charge in [-0.15, -0.1) is 23.1 Å². The Kier molecular flexibility index (Phi) is 5.77. The maximum atomic E-state index is 13.8. The van der Waals surface area contributed by atoms with Crippen LogP contribution in [0.25, 0.3) is 10.2 Å². The average Bonchev–Trinajstić information content (AvgIpc) is 3.11. The van der Waals surface area contributed by atoms with E-state index < -0.39 is 21.7 Å². The monoisotopic (exact) mass is 462 g/mol. The van der Waals surface area contributed by atoms with Crippen molar-refractivity contribution in [3.8, 4) is 0 Å². The molecule has 30 heavy (non-hydrogen) atoms. The van der Waals surface area contributed by atoms with Gasteiger partial charge < -0.3 is 0 Å². The third kappa shape index (κ3) is 4.63. The molecule has 0 aliphatic rings. The summed E-state index contributed by atoms with van der Waals surface area (Å²) >= 11 is 2.67. The molecular formula is C21H16F2N2O2S3. The molecule has 154 valence electrons. The second-order valence-electron chi connectivity index (χ2n) is 6.58. The van der Waals surface area contributed by atoms with Crippen molar-refractivity contribution in [2.75, 3.05) is 4.72 Å². The van der Waals surface area contributed by atoms with Crippen molar-refractivity contribution in [1.82, 2.24) is 4.98 Å². The number of thioether (sulfide) groups is 1. The Labute approximate surface area is 181 Å². The first-order valence-corrected chi connectivity index (χ1v) is 12.2. The summed E-state index contributed by atoms with van der Waals surface area (Å²) < 4.78 is 55.0. The van der Waals surface area contributed by atoms with Gasteiger partial charge in [0.2, 0.25) is 0 Å². The summed E-state index contributed by atoms with van der Waals surface area (Å²) in [6.07, 6.45) is 0. The van der Waals surface area contributed by atoms with Gasteiger partial charge in [-0.05, 0) is 43.3 Å². The number of thiazole rings is 1. The van der Waals surface area contributed by atoms with Crippen LogP contribution >= 0.6 is 23.1 Å². The van der Waals surface area contributed by atoms with Crippen LogP contribution in [0, 0.1) is 18.6 Å². The Morgan fingerprint density at radius 1 is 1.03 bits per heavy atom. The summed E-state index contributed by atoms with van der Waals surface area (Å²) in [6, 6.07) is 15.7. The second-order valence-corrected chi connectivity index (χ2v) is 10.4. The lowest BCUT2D eigenvalue weighted by atomic mass is 10.2. The predicted octanol–water partition coefficient (Wildman–Crippen LogP) is 5.98. The molecule has 4 rings (SSSR count). The molecule has 3 aromatic carbocycles. The number of nitrogens with zero attached hydrogens (tertiary/aromatic N) is 1. The van der Waals surface area contributed by atoms with E-state index in [-0.39, 0.29) is 4.90 Å². The quantitative estimate of drug-likeness (QED) is 0.358. The number of hydrogen-bond acceptors (Lipinski definition) is 5. The van der Waals surface area contributed by atoms with E-state index >= 15 is 0 Å². The van der Waals surface area contributed by atoms with Crippen LogP contribution in [0.1, 0.15) is 10.6 Å². The largest absolute Gasteiger partial charge is 0.280 e. The molecule has 0 aliphatic carbocycles. The highest BCUT2D eigenvalue weighted by molar-refractivity contribution is 7.98. The van der Waals surface area contributed by atoms with Crippen LogP contribution in [0.2, 0.25) is 0 Å². The summed E-state index contributed by atoms with van der Waals surface area (Å²) in [5.74, 6) is -0.758. The fraction of sp³-hybridized carbons (Fsp3) is 0.0952. The van der Waals surface area contributed by atoms with Crippen molar-refractivity contribution in [2.24, 2.45) is 0 Å². The van der Waals surface area contributed by atoms with Crippen LogP contribution in [-0.4, -0.2) is 13.4 Å². The van der Waals surface area contributed by atoms with Crippen molar-refractivity contribution in [3.05, 3.63) is 82.9 Å². The van der Waals surface area contributed by atoms with Crippen molar-refractivity contribution in [1.29, 1.82) is 0 Å². The van der Waals surface area contributed by atoms with E-state index in [0.29, 0.717) is 26.7 Å². The molecule has 1 aromatic heterocycles. The molecule has 4 aromatic rings. The normalized spacial score (nSPS) is 11.7. The molecule has 0 bridgehead atoms. The van der Waals surface area contributed by atoms with Gasteiger partial charge in [-0.1, -0.05) is 17.7 Å². The third-order valence-corrected chi connectivity index (χ3v) is 7.94. The minimum Gasteiger partial charge on any atom is -0.280 e. The average molecular weight is 463 g/mol. The van der Waals surface area contributed by atoms with Crippen molar-refractivity contribution in [3.63, 3.8) is 0 Å². The fourth-order valence-electron chi connectivity index (χ4n) is 2.76. The third-order valence-electron chi connectivity index (χ3n) is 4.25. The highest BCUT2D eigenvalue weighted by Crippen LogP contribution is 2.31. The van der Waals surface area contributed by atoms with Gasteiger partial charge in [0.25, 0.3) is 10.0 Å². The number of aromatic nitrogens is 1. The van der Waals surface area contributed by atoms with E-state index in [9.17, 15) is 17.2 Å². The van der Waals surface area contributed by atoms with Gasteiger partial charge in [0, 0.05) is 22.7 Å². The summed E-state index contributed by atoms with van der Waals surface area (Å²) in [6.45, 7) is 1.89. The molecule has 9 heteroatoms. The van der Waals surface area contributed by atoms with Gasteiger partial charge >= 0.3 is 0 Å². The molecule has 0 spiro atoms. The predicted molar refractivity (Wildman–Crippen MR) is 118 cm³/mol. The van der Waals surface area contributed by atoms with E-state index in [0.717, 1.165) is 16.5 Å². The van der Waals surface area contributed by atoms with Crippen molar-refractivity contribution >= 4 is 49.0 Å². The van der Waals surface area contributed by atoms with Crippen LogP contribution < -0.4 is 4.72 Å².